The van der Waals surface area contributed by atoms with Crippen LogP contribution in [-0.2, 0) is 15.0 Å². The second-order valence-electron chi connectivity index (χ2n) is 4.76. The lowest BCUT2D eigenvalue weighted by molar-refractivity contribution is -0.116. The second-order valence-corrected chi connectivity index (χ2v) is 7.08. The quantitative estimate of drug-likeness (QED) is 0.219. The number of halogens is 1. The number of hydrogen-bond donors (Lipinski definition) is 4. The van der Waals surface area contributed by atoms with Crippen molar-refractivity contribution in [1.29, 1.82) is 0 Å². The van der Waals surface area contributed by atoms with E-state index in [1.54, 1.807) is 0 Å². The topological polar surface area (TPSA) is 133 Å². The molecule has 0 spiro atoms. The molecule has 0 radical (unpaired) electrons. The summed E-state index contributed by atoms with van der Waals surface area (Å²) in [5.74, 6) is 0. The van der Waals surface area contributed by atoms with Crippen molar-refractivity contribution in [3.05, 3.63) is 0 Å². The summed E-state index contributed by atoms with van der Waals surface area (Å²) in [4.78, 5) is 11.4. The minimum absolute atomic E-state index is 0.137. The molecule has 0 rings (SSSR count). The first-order valence-electron chi connectivity index (χ1n) is 6.03. The van der Waals surface area contributed by atoms with Gasteiger partial charge in [-0.1, -0.05) is 12.8 Å². The lowest BCUT2D eigenvalue weighted by Gasteiger charge is -2.26. The van der Waals surface area contributed by atoms with E-state index in [2.05, 4.69) is 4.72 Å². The molecule has 0 amide bonds. The highest BCUT2D eigenvalue weighted by Crippen LogP contribution is 2.16. The smallest absolute Gasteiger partial charge is 0.427 e. The average molecular weight is 330 g/mol. The van der Waals surface area contributed by atoms with Crippen LogP contribution < -0.4 is 10.5 Å². The molecule has 5 N–H and O–H groups in total. The Hall–Kier alpha value is -0.225. The van der Waals surface area contributed by atoms with Gasteiger partial charge in [0.15, 0.2) is 0 Å². The van der Waals surface area contributed by atoms with Crippen LogP contribution in [0.5, 0.6) is 0 Å². The molecule has 0 saturated carbocycles. The van der Waals surface area contributed by atoms with Gasteiger partial charge >= 0.3 is 7.12 Å². The predicted octanol–water partition coefficient (Wildman–Crippen LogP) is -1.51. The lowest BCUT2D eigenvalue weighted by atomic mass is 9.82. The zero-order valence-electron chi connectivity index (χ0n) is 11.5. The van der Waals surface area contributed by atoms with Crippen LogP contribution in [0.3, 0.4) is 0 Å². The van der Waals surface area contributed by atoms with Crippen molar-refractivity contribution >= 4 is 34.2 Å². The monoisotopic (exact) mass is 329 g/mol. The maximum atomic E-state index is 11.6. The zero-order valence-corrected chi connectivity index (χ0v) is 13.1. The van der Waals surface area contributed by atoms with Gasteiger partial charge in [-0.2, -0.15) is 17.4 Å². The van der Waals surface area contributed by atoms with Crippen LogP contribution in [0.2, 0.25) is 6.32 Å². The summed E-state index contributed by atoms with van der Waals surface area (Å²) < 4.78 is 26.3. The molecule has 0 aliphatic heterocycles. The Morgan fingerprint density at radius 1 is 1.40 bits per heavy atom. The summed E-state index contributed by atoms with van der Waals surface area (Å²) in [7, 11) is -2.43. The van der Waals surface area contributed by atoms with Crippen molar-refractivity contribution in [3.63, 3.8) is 0 Å². The highest BCUT2D eigenvalue weighted by atomic mass is 35.5. The lowest BCUT2D eigenvalue weighted by Crippen LogP contribution is -2.55. The molecule has 1 unspecified atom stereocenters. The van der Waals surface area contributed by atoms with Crippen molar-refractivity contribution in [3.8, 4) is 0 Å². The maximum Gasteiger partial charge on any atom is 0.451 e. The van der Waals surface area contributed by atoms with Crippen LogP contribution in [0.15, 0.2) is 0 Å². The first-order chi connectivity index (χ1) is 9.01. The van der Waals surface area contributed by atoms with Crippen molar-refractivity contribution in [2.45, 2.75) is 31.1 Å². The third kappa shape index (κ3) is 6.98. The number of nitrogens with zero attached hydrogens (tertiary/aromatic N) is 1. The summed E-state index contributed by atoms with van der Waals surface area (Å²) in [5, 5.41) is 16.5. The maximum absolute atomic E-state index is 11.6. The molecule has 0 fully saturated rings. The van der Waals surface area contributed by atoms with E-state index in [0.29, 0.717) is 12.8 Å². The normalized spacial score (nSPS) is 15.2. The summed E-state index contributed by atoms with van der Waals surface area (Å²) in [6.45, 7) is -0.322. The van der Waals surface area contributed by atoms with Crippen LogP contribution in [0.4, 0.5) is 0 Å². The molecule has 0 heterocycles. The van der Waals surface area contributed by atoms with Crippen LogP contribution in [0, 0.1) is 0 Å². The molecule has 0 bridgehead atoms. The van der Waals surface area contributed by atoms with Gasteiger partial charge in [-0.15, -0.1) is 0 Å². The largest absolute Gasteiger partial charge is 0.451 e. The van der Waals surface area contributed by atoms with E-state index in [4.69, 9.17) is 27.4 Å². The Kier molecular flexibility index (Phi) is 8.18. The van der Waals surface area contributed by atoms with Gasteiger partial charge in [-0.05, 0) is 24.3 Å². The molecule has 20 heavy (non-hydrogen) atoms. The molecule has 0 saturated heterocycles. The third-order valence-electron chi connectivity index (χ3n) is 2.78. The van der Waals surface area contributed by atoms with Crippen LogP contribution in [0.1, 0.15) is 19.3 Å². The first kappa shape index (κ1) is 19.8. The van der Waals surface area contributed by atoms with Gasteiger partial charge in [0.2, 0.25) is 5.24 Å². The van der Waals surface area contributed by atoms with Crippen molar-refractivity contribution < 1.29 is 23.3 Å². The number of unbranched alkanes of at least 4 members (excludes halogenated alkanes) is 1. The molecule has 0 aliphatic carbocycles. The highest BCUT2D eigenvalue weighted by molar-refractivity contribution is 7.87. The standard InChI is InChI=1S/C9H21BClN3O5S/c1-14(2)20(18,19)13-7-9(12,8(11)15)5-3-4-6-10(16)17/h13,16-17H,3-7,12H2,1-2H3. The van der Waals surface area contributed by atoms with E-state index in [1.165, 1.54) is 14.1 Å². The molecular formula is C9H21BClN3O5S. The second kappa shape index (κ2) is 8.27. The number of rotatable bonds is 10. The molecular weight excluding hydrogens is 308 g/mol. The van der Waals surface area contributed by atoms with E-state index in [-0.39, 0.29) is 19.3 Å². The molecule has 0 aromatic carbocycles. The van der Waals surface area contributed by atoms with Gasteiger partial charge in [0.1, 0.15) is 5.54 Å². The van der Waals surface area contributed by atoms with Gasteiger partial charge in [-0.3, -0.25) is 4.79 Å². The molecule has 118 valence electrons. The van der Waals surface area contributed by atoms with Crippen LogP contribution in [-0.4, -0.2) is 61.3 Å². The summed E-state index contributed by atoms with van der Waals surface area (Å²) >= 11 is 5.42. The zero-order chi connectivity index (χ0) is 16.0. The summed E-state index contributed by atoms with van der Waals surface area (Å²) in [6, 6.07) is 0. The van der Waals surface area contributed by atoms with Gasteiger partial charge in [0, 0.05) is 20.6 Å². The molecule has 1 atom stereocenters. The highest BCUT2D eigenvalue weighted by Gasteiger charge is 2.33. The Labute approximate surface area is 124 Å². The Bertz CT molecular complexity index is 420. The average Bonchev–Trinajstić information content (AvgIpc) is 2.31. The Morgan fingerprint density at radius 3 is 2.35 bits per heavy atom. The van der Waals surface area contributed by atoms with E-state index in [1.807, 2.05) is 0 Å². The van der Waals surface area contributed by atoms with E-state index >= 15 is 0 Å². The van der Waals surface area contributed by atoms with E-state index in [9.17, 15) is 13.2 Å². The fourth-order valence-corrected chi connectivity index (χ4v) is 2.23. The number of carbonyl (C=O) groups excluding carboxylic acids is 1. The van der Waals surface area contributed by atoms with Crippen molar-refractivity contribution in [1.82, 2.24) is 9.03 Å². The van der Waals surface area contributed by atoms with Crippen molar-refractivity contribution in [2.24, 2.45) is 5.73 Å². The molecule has 0 aliphatic rings. The van der Waals surface area contributed by atoms with E-state index in [0.717, 1.165) is 4.31 Å². The number of carbonyl (C=O) groups is 1. The van der Waals surface area contributed by atoms with E-state index < -0.39 is 28.1 Å². The number of nitrogens with two attached hydrogens (primary N) is 1. The first-order valence-corrected chi connectivity index (χ1v) is 7.85. The van der Waals surface area contributed by atoms with Crippen LogP contribution in [0.25, 0.3) is 0 Å². The van der Waals surface area contributed by atoms with Crippen molar-refractivity contribution in [2.75, 3.05) is 20.6 Å². The predicted molar refractivity (Wildman–Crippen MR) is 77.2 cm³/mol. The Balaban J connectivity index is 4.51. The third-order valence-corrected chi connectivity index (χ3v) is 4.62. The molecule has 11 heteroatoms. The molecule has 8 nitrogen and oxygen atoms in total. The Morgan fingerprint density at radius 2 is 1.95 bits per heavy atom. The number of hydrogen-bond acceptors (Lipinski definition) is 6. The fourth-order valence-electron chi connectivity index (χ4n) is 1.37. The molecule has 0 aromatic rings. The van der Waals surface area contributed by atoms with Gasteiger partial charge in [-0.25, -0.2) is 0 Å². The number of nitrogens with one attached hydrogen (secondary N) is 1. The molecule has 0 aromatic heterocycles. The van der Waals surface area contributed by atoms with Gasteiger partial charge < -0.3 is 15.8 Å². The van der Waals surface area contributed by atoms with Gasteiger partial charge in [0.05, 0.1) is 0 Å². The van der Waals surface area contributed by atoms with Crippen LogP contribution >= 0.6 is 11.6 Å². The van der Waals surface area contributed by atoms with Gasteiger partial charge in [0.25, 0.3) is 10.2 Å². The SMILES string of the molecule is CN(C)S(=O)(=O)NCC(N)(CCCCB(O)O)C(=O)Cl. The minimum atomic E-state index is -3.70. The fraction of sp³-hybridized carbons (Fsp3) is 0.889. The minimum Gasteiger partial charge on any atom is -0.427 e. The summed E-state index contributed by atoms with van der Waals surface area (Å²) in [6.07, 6.45) is 1.13. The summed E-state index contributed by atoms with van der Waals surface area (Å²) in [5.41, 5.74) is 4.29.